The maximum Gasteiger partial charge on any atom is 0.101 e. The molecule has 0 saturated heterocycles. The summed E-state index contributed by atoms with van der Waals surface area (Å²) >= 11 is 0. The van der Waals surface area contributed by atoms with Crippen molar-refractivity contribution in [3.8, 4) is 11.8 Å². The van der Waals surface area contributed by atoms with Crippen LogP contribution in [0.2, 0.25) is 0 Å². The zero-order valence-electron chi connectivity index (χ0n) is 8.60. The highest BCUT2D eigenvalue weighted by Crippen LogP contribution is 2.09. The quantitative estimate of drug-likeness (QED) is 0.368. The SMILES string of the molecule is CC#CCC(C)OOC(C)(C)C. The van der Waals surface area contributed by atoms with Gasteiger partial charge in [-0.3, -0.25) is 0 Å². The molecule has 0 aromatic rings. The first kappa shape index (κ1) is 11.5. The highest BCUT2D eigenvalue weighted by atomic mass is 17.2. The Morgan fingerprint density at radius 1 is 1.33 bits per heavy atom. The Hall–Kier alpha value is -0.520. The zero-order valence-corrected chi connectivity index (χ0v) is 8.60. The molecule has 0 saturated carbocycles. The minimum absolute atomic E-state index is 0.0386. The summed E-state index contributed by atoms with van der Waals surface area (Å²) in [6.07, 6.45) is 0.753. The maximum atomic E-state index is 5.12. The van der Waals surface area contributed by atoms with Gasteiger partial charge in [0.15, 0.2) is 0 Å². The van der Waals surface area contributed by atoms with Crippen molar-refractivity contribution in [2.45, 2.75) is 52.7 Å². The van der Waals surface area contributed by atoms with Crippen LogP contribution < -0.4 is 0 Å². The van der Waals surface area contributed by atoms with Crippen molar-refractivity contribution in [1.82, 2.24) is 0 Å². The molecule has 0 spiro atoms. The topological polar surface area (TPSA) is 18.5 Å². The fourth-order valence-electron chi connectivity index (χ4n) is 0.506. The van der Waals surface area contributed by atoms with Gasteiger partial charge in [0.05, 0.1) is 5.60 Å². The Bertz CT molecular complexity index is 169. The molecule has 0 N–H and O–H groups in total. The van der Waals surface area contributed by atoms with Gasteiger partial charge >= 0.3 is 0 Å². The smallest absolute Gasteiger partial charge is 0.101 e. The van der Waals surface area contributed by atoms with E-state index in [-0.39, 0.29) is 11.7 Å². The van der Waals surface area contributed by atoms with Crippen molar-refractivity contribution < 1.29 is 9.78 Å². The molecule has 70 valence electrons. The molecule has 0 aromatic carbocycles. The number of hydrogen-bond donors (Lipinski definition) is 0. The van der Waals surface area contributed by atoms with Crippen LogP contribution in [0.15, 0.2) is 0 Å². The fourth-order valence-corrected chi connectivity index (χ4v) is 0.506. The van der Waals surface area contributed by atoms with Gasteiger partial charge in [0.1, 0.15) is 6.10 Å². The van der Waals surface area contributed by atoms with E-state index in [1.165, 1.54) is 0 Å². The second kappa shape index (κ2) is 5.18. The van der Waals surface area contributed by atoms with Crippen LogP contribution in [-0.4, -0.2) is 11.7 Å². The van der Waals surface area contributed by atoms with E-state index in [0.717, 1.165) is 0 Å². The van der Waals surface area contributed by atoms with Crippen LogP contribution in [0.1, 0.15) is 41.0 Å². The molecule has 12 heavy (non-hydrogen) atoms. The lowest BCUT2D eigenvalue weighted by molar-refractivity contribution is -0.369. The van der Waals surface area contributed by atoms with Gasteiger partial charge in [0, 0.05) is 6.42 Å². The van der Waals surface area contributed by atoms with Gasteiger partial charge < -0.3 is 0 Å². The van der Waals surface area contributed by atoms with Crippen molar-refractivity contribution in [3.63, 3.8) is 0 Å². The largest absolute Gasteiger partial charge is 0.232 e. The van der Waals surface area contributed by atoms with Gasteiger partial charge in [0.2, 0.25) is 0 Å². The van der Waals surface area contributed by atoms with E-state index in [0.29, 0.717) is 6.42 Å². The molecule has 0 bridgehead atoms. The third-order valence-electron chi connectivity index (χ3n) is 1.03. The third-order valence-corrected chi connectivity index (χ3v) is 1.03. The minimum atomic E-state index is -0.242. The van der Waals surface area contributed by atoms with Crippen LogP contribution in [0.4, 0.5) is 0 Å². The van der Waals surface area contributed by atoms with Crippen molar-refractivity contribution >= 4 is 0 Å². The predicted molar refractivity (Wildman–Crippen MR) is 49.5 cm³/mol. The average Bonchev–Trinajstić information content (AvgIpc) is 1.95. The monoisotopic (exact) mass is 170 g/mol. The molecule has 0 fully saturated rings. The summed E-state index contributed by atoms with van der Waals surface area (Å²) in [5, 5.41) is 0. The van der Waals surface area contributed by atoms with E-state index >= 15 is 0 Å². The molecule has 0 aliphatic carbocycles. The van der Waals surface area contributed by atoms with Gasteiger partial charge in [-0.25, -0.2) is 9.78 Å². The molecule has 0 heterocycles. The Labute approximate surface area is 75.2 Å². The zero-order chi connectivity index (χ0) is 9.61. The molecule has 0 aliphatic heterocycles. The number of rotatable bonds is 3. The van der Waals surface area contributed by atoms with E-state index in [1.807, 2.05) is 34.6 Å². The van der Waals surface area contributed by atoms with Crippen LogP contribution in [-0.2, 0) is 9.78 Å². The molecule has 2 nitrogen and oxygen atoms in total. The molecular formula is C10H18O2. The second-order valence-corrected chi connectivity index (χ2v) is 3.73. The summed E-state index contributed by atoms with van der Waals surface area (Å²) < 4.78 is 0. The molecular weight excluding hydrogens is 152 g/mol. The molecule has 0 aromatic heterocycles. The van der Waals surface area contributed by atoms with Gasteiger partial charge in [-0.15, -0.1) is 11.8 Å². The van der Waals surface area contributed by atoms with Crippen LogP contribution in [0, 0.1) is 11.8 Å². The van der Waals surface area contributed by atoms with Crippen molar-refractivity contribution in [3.05, 3.63) is 0 Å². The summed E-state index contributed by atoms with van der Waals surface area (Å²) in [6.45, 7) is 9.61. The summed E-state index contributed by atoms with van der Waals surface area (Å²) in [6, 6.07) is 0. The Morgan fingerprint density at radius 2 is 1.92 bits per heavy atom. The molecule has 0 aliphatic rings. The Balaban J connectivity index is 3.55. The highest BCUT2D eigenvalue weighted by molar-refractivity contribution is 4.96. The minimum Gasteiger partial charge on any atom is -0.232 e. The summed E-state index contributed by atoms with van der Waals surface area (Å²) in [4.78, 5) is 10.2. The van der Waals surface area contributed by atoms with E-state index < -0.39 is 0 Å². The van der Waals surface area contributed by atoms with Crippen LogP contribution in [0.25, 0.3) is 0 Å². The molecule has 1 unspecified atom stereocenters. The Morgan fingerprint density at radius 3 is 2.33 bits per heavy atom. The van der Waals surface area contributed by atoms with Crippen molar-refractivity contribution in [2.24, 2.45) is 0 Å². The van der Waals surface area contributed by atoms with Crippen molar-refractivity contribution in [1.29, 1.82) is 0 Å². The normalized spacial score (nSPS) is 13.4. The molecule has 0 radical (unpaired) electrons. The van der Waals surface area contributed by atoms with Crippen LogP contribution in [0.3, 0.4) is 0 Å². The lowest BCUT2D eigenvalue weighted by Crippen LogP contribution is -2.22. The maximum absolute atomic E-state index is 5.12. The molecule has 1 atom stereocenters. The third kappa shape index (κ3) is 7.59. The van der Waals surface area contributed by atoms with Gasteiger partial charge in [-0.2, -0.15) is 0 Å². The van der Waals surface area contributed by atoms with Gasteiger partial charge in [-0.05, 0) is 34.6 Å². The standard InChI is InChI=1S/C10H18O2/c1-6-7-8-9(2)11-12-10(3,4)5/h9H,8H2,1-5H3. The highest BCUT2D eigenvalue weighted by Gasteiger charge is 2.13. The van der Waals surface area contributed by atoms with E-state index in [1.54, 1.807) is 0 Å². The van der Waals surface area contributed by atoms with E-state index in [4.69, 9.17) is 9.78 Å². The second-order valence-electron chi connectivity index (χ2n) is 3.73. The lowest BCUT2D eigenvalue weighted by atomic mass is 10.2. The summed E-state index contributed by atoms with van der Waals surface area (Å²) in [5.41, 5.74) is -0.242. The first-order valence-corrected chi connectivity index (χ1v) is 4.20. The lowest BCUT2D eigenvalue weighted by Gasteiger charge is -2.19. The van der Waals surface area contributed by atoms with Crippen molar-refractivity contribution in [2.75, 3.05) is 0 Å². The summed E-state index contributed by atoms with van der Waals surface area (Å²) in [5.74, 6) is 5.74. The molecule has 0 amide bonds. The predicted octanol–water partition coefficient (Wildman–Crippen LogP) is 2.54. The van der Waals surface area contributed by atoms with Crippen LogP contribution in [0.5, 0.6) is 0 Å². The average molecular weight is 170 g/mol. The van der Waals surface area contributed by atoms with Gasteiger partial charge in [0.25, 0.3) is 0 Å². The van der Waals surface area contributed by atoms with Gasteiger partial charge in [-0.1, -0.05) is 0 Å². The summed E-state index contributed by atoms with van der Waals surface area (Å²) in [7, 11) is 0. The van der Waals surface area contributed by atoms with E-state index in [9.17, 15) is 0 Å². The van der Waals surface area contributed by atoms with E-state index in [2.05, 4.69) is 11.8 Å². The molecule has 2 heteroatoms. The Kier molecular flexibility index (Phi) is 4.96. The molecule has 0 rings (SSSR count). The number of hydrogen-bond acceptors (Lipinski definition) is 2. The first-order valence-electron chi connectivity index (χ1n) is 4.20. The fraction of sp³-hybridized carbons (Fsp3) is 0.800. The first-order chi connectivity index (χ1) is 5.45. The van der Waals surface area contributed by atoms with Crippen LogP contribution >= 0.6 is 0 Å².